The zero-order valence-corrected chi connectivity index (χ0v) is 31.8. The Hall–Kier alpha value is -5.67. The van der Waals surface area contributed by atoms with Crippen molar-refractivity contribution in [3.63, 3.8) is 0 Å². The Morgan fingerprint density at radius 1 is 0.763 bits per heavy atom. The number of para-hydroxylation sites is 1. The van der Waals surface area contributed by atoms with Gasteiger partial charge in [-0.3, -0.25) is 9.59 Å². The molecule has 8 rings (SSSR count). The molecule has 1 spiro atoms. The van der Waals surface area contributed by atoms with Crippen LogP contribution in [0.4, 0.5) is 27.6 Å². The summed E-state index contributed by atoms with van der Waals surface area (Å²) in [4.78, 5) is 30.4. The largest absolute Gasteiger partial charge is 0.392 e. The van der Waals surface area contributed by atoms with Crippen LogP contribution in [-0.4, -0.2) is 59.8 Å². The van der Waals surface area contributed by atoms with Gasteiger partial charge in [-0.05, 0) is 64.9 Å². The number of benzene rings is 5. The van der Waals surface area contributed by atoms with E-state index < -0.39 is 52.4 Å². The molecule has 14 heteroatoms. The van der Waals surface area contributed by atoms with E-state index in [1.807, 2.05) is 84.9 Å². The number of carbonyl (C=O) groups excluding carboxylic acids is 2. The van der Waals surface area contributed by atoms with E-state index in [-0.39, 0.29) is 31.3 Å². The molecular weight excluding hydrogens is 772 g/mol. The molecule has 3 saturated heterocycles. The Bertz CT molecular complexity index is 2310. The van der Waals surface area contributed by atoms with E-state index >= 15 is 0 Å². The van der Waals surface area contributed by atoms with Crippen LogP contribution in [0.2, 0.25) is 0 Å². The Balaban J connectivity index is 0.984. The molecule has 0 aromatic heterocycles. The number of anilines is 1. The molecule has 0 saturated carbocycles. The van der Waals surface area contributed by atoms with Crippen molar-refractivity contribution < 1.29 is 46.1 Å². The highest BCUT2D eigenvalue weighted by Gasteiger charge is 2.50. The molecule has 3 fully saturated rings. The normalized spacial score (nSPS) is 20.5. The van der Waals surface area contributed by atoms with Crippen LogP contribution in [-0.2, 0) is 27.4 Å². The molecule has 5 aromatic carbocycles. The molecule has 306 valence electrons. The molecule has 59 heavy (non-hydrogen) atoms. The molecule has 3 heterocycles. The highest BCUT2D eigenvalue weighted by Crippen LogP contribution is 2.41. The van der Waals surface area contributed by atoms with Crippen molar-refractivity contribution in [2.75, 3.05) is 31.2 Å². The summed E-state index contributed by atoms with van der Waals surface area (Å²) >= 11 is 0. The van der Waals surface area contributed by atoms with E-state index in [0.717, 1.165) is 33.5 Å². The number of piperidine rings is 1. The smallest absolute Gasteiger partial charge is 0.257 e. The number of rotatable bonds is 10. The number of amides is 2. The first-order chi connectivity index (χ1) is 28.5. The molecule has 3 atom stereocenters. The van der Waals surface area contributed by atoms with E-state index in [1.165, 1.54) is 0 Å². The van der Waals surface area contributed by atoms with E-state index in [0.29, 0.717) is 51.1 Å². The SMILES string of the molecule is O=C(NCc1cccc(-c2cccc([C@H]3O[C@@H](CN4CCC5(CC4)C(=O)NCN5c4ccccc4)C[C@@H](c4ccc(CO)cc4)O3)c2)c1)c1c(F)c(F)c(F)c(F)c1F. The number of ether oxygens (including phenoxy) is 2. The van der Waals surface area contributed by atoms with Gasteiger partial charge in [-0.2, -0.15) is 0 Å². The van der Waals surface area contributed by atoms with Gasteiger partial charge in [0.1, 0.15) is 11.1 Å². The first-order valence-electron chi connectivity index (χ1n) is 19.4. The number of aliphatic hydroxyl groups is 1. The van der Waals surface area contributed by atoms with E-state index in [2.05, 4.69) is 20.4 Å². The first kappa shape index (κ1) is 40.1. The van der Waals surface area contributed by atoms with Gasteiger partial charge < -0.3 is 35.0 Å². The number of nitrogens with one attached hydrogen (secondary N) is 2. The number of hydrogen-bond acceptors (Lipinski definition) is 7. The van der Waals surface area contributed by atoms with Gasteiger partial charge in [0.15, 0.2) is 29.6 Å². The summed E-state index contributed by atoms with van der Waals surface area (Å²) < 4.78 is 82.8. The summed E-state index contributed by atoms with van der Waals surface area (Å²) in [5, 5.41) is 15.0. The Kier molecular flexibility index (Phi) is 11.5. The molecule has 5 aromatic rings. The summed E-state index contributed by atoms with van der Waals surface area (Å²) in [5.41, 5.74) is 3.30. The van der Waals surface area contributed by atoms with Crippen molar-refractivity contribution in [2.24, 2.45) is 0 Å². The lowest BCUT2D eigenvalue weighted by Gasteiger charge is -2.45. The minimum atomic E-state index is -2.34. The summed E-state index contributed by atoms with van der Waals surface area (Å²) in [6, 6.07) is 32.1. The molecule has 3 aliphatic rings. The van der Waals surface area contributed by atoms with Gasteiger partial charge in [-0.15, -0.1) is 0 Å². The van der Waals surface area contributed by atoms with Crippen molar-refractivity contribution in [3.05, 3.63) is 160 Å². The number of halogens is 5. The van der Waals surface area contributed by atoms with Crippen molar-refractivity contribution >= 4 is 17.5 Å². The van der Waals surface area contributed by atoms with Crippen LogP contribution < -0.4 is 15.5 Å². The monoisotopic (exact) mass is 812 g/mol. The summed E-state index contributed by atoms with van der Waals surface area (Å²) in [5.74, 6) is -12.6. The van der Waals surface area contributed by atoms with Gasteiger partial charge >= 0.3 is 0 Å². The van der Waals surface area contributed by atoms with Gasteiger partial charge in [0, 0.05) is 43.9 Å². The second-order valence-electron chi connectivity index (χ2n) is 15.1. The van der Waals surface area contributed by atoms with Gasteiger partial charge in [0.05, 0.1) is 25.5 Å². The Labute approximate surface area is 337 Å². The van der Waals surface area contributed by atoms with Crippen LogP contribution >= 0.6 is 0 Å². The third-order valence-corrected chi connectivity index (χ3v) is 11.5. The first-order valence-corrected chi connectivity index (χ1v) is 19.4. The Morgan fingerprint density at radius 2 is 1.42 bits per heavy atom. The van der Waals surface area contributed by atoms with Crippen molar-refractivity contribution in [2.45, 2.75) is 56.5 Å². The molecular formula is C45H41F5N4O5. The fourth-order valence-electron chi connectivity index (χ4n) is 8.26. The maximum absolute atomic E-state index is 14.3. The summed E-state index contributed by atoms with van der Waals surface area (Å²) in [6.07, 6.45) is 0.575. The Morgan fingerprint density at radius 3 is 2.12 bits per heavy atom. The van der Waals surface area contributed by atoms with Crippen molar-refractivity contribution in [1.29, 1.82) is 0 Å². The molecule has 0 radical (unpaired) electrons. The zero-order valence-electron chi connectivity index (χ0n) is 31.8. The highest BCUT2D eigenvalue weighted by molar-refractivity contribution is 5.95. The second-order valence-corrected chi connectivity index (χ2v) is 15.1. The van der Waals surface area contributed by atoms with E-state index in [1.54, 1.807) is 18.2 Å². The molecule has 3 aliphatic heterocycles. The predicted octanol–water partition coefficient (Wildman–Crippen LogP) is 7.45. The third-order valence-electron chi connectivity index (χ3n) is 11.5. The predicted molar refractivity (Wildman–Crippen MR) is 208 cm³/mol. The second kappa shape index (κ2) is 16.9. The number of carbonyl (C=O) groups is 2. The van der Waals surface area contributed by atoms with Crippen LogP contribution in [0.15, 0.2) is 103 Å². The number of nitrogens with zero attached hydrogens (tertiary/aromatic N) is 2. The van der Waals surface area contributed by atoms with Gasteiger partial charge in [-0.25, -0.2) is 22.0 Å². The molecule has 0 aliphatic carbocycles. The maximum Gasteiger partial charge on any atom is 0.257 e. The van der Waals surface area contributed by atoms with Gasteiger partial charge in [-0.1, -0.05) is 78.9 Å². The fraction of sp³-hybridized carbons (Fsp3) is 0.289. The lowest BCUT2D eigenvalue weighted by atomic mass is 9.85. The zero-order chi connectivity index (χ0) is 41.3. The lowest BCUT2D eigenvalue weighted by Crippen LogP contribution is -2.57. The average molecular weight is 813 g/mol. The van der Waals surface area contributed by atoms with Crippen LogP contribution in [0.1, 0.15) is 64.3 Å². The van der Waals surface area contributed by atoms with Crippen LogP contribution in [0, 0.1) is 29.1 Å². The topological polar surface area (TPSA) is 103 Å². The minimum absolute atomic E-state index is 0.0501. The molecule has 0 bridgehead atoms. The standard InChI is InChI=1S/C45H41F5N4O5/c46-37-36(38(47)40(49)41(50)39(37)48)42(56)51-23-28-6-4-7-30(20-28)31-8-5-9-32(21-31)43-58-34(22-35(59-43)29-14-12-27(25-55)13-15-29)24-53-18-16-45(17-19-53)44(57)52-26-54(45)33-10-2-1-3-11-33/h1-15,20-21,34-35,43,55H,16-19,22-26H2,(H,51,56)(H,52,57)/t34-,35+,43+/m1/s1. The fourth-order valence-corrected chi connectivity index (χ4v) is 8.26. The molecule has 0 unspecified atom stereocenters. The maximum atomic E-state index is 14.3. The van der Waals surface area contributed by atoms with Crippen molar-refractivity contribution in [1.82, 2.24) is 15.5 Å². The minimum Gasteiger partial charge on any atom is -0.392 e. The highest BCUT2D eigenvalue weighted by atomic mass is 19.2. The van der Waals surface area contributed by atoms with Crippen LogP contribution in [0.3, 0.4) is 0 Å². The van der Waals surface area contributed by atoms with Gasteiger partial charge in [0.2, 0.25) is 11.7 Å². The summed E-state index contributed by atoms with van der Waals surface area (Å²) in [6.45, 7) is 2.15. The number of hydrogen-bond donors (Lipinski definition) is 3. The van der Waals surface area contributed by atoms with E-state index in [9.17, 15) is 36.6 Å². The van der Waals surface area contributed by atoms with Gasteiger partial charge in [0.25, 0.3) is 5.91 Å². The molecule has 2 amide bonds. The van der Waals surface area contributed by atoms with Crippen LogP contribution in [0.5, 0.6) is 0 Å². The molecule has 9 nitrogen and oxygen atoms in total. The number of aliphatic hydroxyl groups excluding tert-OH is 1. The summed E-state index contributed by atoms with van der Waals surface area (Å²) in [7, 11) is 0. The van der Waals surface area contributed by atoms with E-state index in [4.69, 9.17) is 9.47 Å². The number of likely N-dealkylation sites (tertiary alicyclic amines) is 1. The quantitative estimate of drug-likeness (QED) is 0.0766. The van der Waals surface area contributed by atoms with Crippen LogP contribution in [0.25, 0.3) is 11.1 Å². The van der Waals surface area contributed by atoms with Crippen molar-refractivity contribution in [3.8, 4) is 11.1 Å². The lowest BCUT2D eigenvalue weighted by molar-refractivity contribution is -0.253. The average Bonchev–Trinajstić information content (AvgIpc) is 3.59. The third kappa shape index (κ3) is 8.05. The molecule has 3 N–H and O–H groups in total.